The maximum Gasteiger partial charge on any atom is 0.345 e. The first-order valence-electron chi connectivity index (χ1n) is 14.3. The highest BCUT2D eigenvalue weighted by Crippen LogP contribution is 2.69. The van der Waals surface area contributed by atoms with Crippen molar-refractivity contribution < 1.29 is 47.8 Å². The van der Waals surface area contributed by atoms with Crippen molar-refractivity contribution in [3.05, 3.63) is 101 Å². The van der Waals surface area contributed by atoms with Crippen molar-refractivity contribution in [1.82, 2.24) is 10.6 Å². The molecule has 3 amide bonds. The lowest BCUT2D eigenvalue weighted by Gasteiger charge is -2.23. The molecule has 0 bridgehead atoms. The molecule has 0 aliphatic rings. The number of nitrogens with two attached hydrogens (primary N) is 1. The van der Waals surface area contributed by atoms with Crippen LogP contribution in [0, 0.1) is 5.92 Å². The molecule has 8 N–H and O–H groups in total. The van der Waals surface area contributed by atoms with E-state index in [1.807, 2.05) is 13.8 Å². The van der Waals surface area contributed by atoms with Crippen LogP contribution in [-0.4, -0.2) is 49.9 Å². The third kappa shape index (κ3) is 10.6. The van der Waals surface area contributed by atoms with Gasteiger partial charge in [0, 0.05) is 6.42 Å². The molecule has 0 unspecified atom stereocenters. The Morgan fingerprint density at radius 2 is 1.39 bits per heavy atom. The molecule has 0 aliphatic heterocycles. The molecular formula is C31H39N3O10P2. The van der Waals surface area contributed by atoms with E-state index in [-0.39, 0.29) is 29.9 Å². The average Bonchev–Trinajstić information content (AvgIpc) is 2.95. The van der Waals surface area contributed by atoms with Crippen LogP contribution in [0.25, 0.3) is 0 Å². The summed E-state index contributed by atoms with van der Waals surface area (Å²) in [6.07, 6.45) is -0.0739. The summed E-state index contributed by atoms with van der Waals surface area (Å²) < 4.78 is 29.4. The van der Waals surface area contributed by atoms with Gasteiger partial charge in [-0.3, -0.25) is 23.5 Å². The number of amides is 3. The standard InChI is InChI=1S/C31H39N3O10P2/c1-19(2)18-44-27-14-13-24(17-25(27)29(32)36)20(3)33-30(37)26(34-28(35)16-21-7-5-4-6-8-21)15-22-9-11-23(12-10-22)31(45(38,39)40)46(41,42)43/h4-14,17,19-20,26,31H,15-16,18H2,1-3H3,(H2,32,36)(H,33,37)(H,34,35)(H2,38,39,40)(H2,41,42,43)/t20-,26-/m0/s1. The molecule has 3 aromatic carbocycles. The fourth-order valence-corrected chi connectivity index (χ4v) is 7.36. The molecule has 0 aliphatic carbocycles. The fourth-order valence-electron chi connectivity index (χ4n) is 4.67. The molecule has 0 saturated carbocycles. The van der Waals surface area contributed by atoms with Gasteiger partial charge in [-0.05, 0) is 47.2 Å². The van der Waals surface area contributed by atoms with Crippen LogP contribution in [-0.2, 0) is 31.6 Å². The summed E-state index contributed by atoms with van der Waals surface area (Å²) in [6.45, 7) is 5.98. The summed E-state index contributed by atoms with van der Waals surface area (Å²) in [4.78, 5) is 76.9. The van der Waals surface area contributed by atoms with Gasteiger partial charge in [0.25, 0.3) is 5.91 Å². The maximum atomic E-state index is 13.6. The first kappa shape index (κ1) is 36.6. The molecule has 46 heavy (non-hydrogen) atoms. The Hall–Kier alpha value is -3.83. The van der Waals surface area contributed by atoms with E-state index in [0.29, 0.717) is 23.5 Å². The van der Waals surface area contributed by atoms with Gasteiger partial charge in [-0.2, -0.15) is 0 Å². The van der Waals surface area contributed by atoms with Gasteiger partial charge in [0.2, 0.25) is 11.8 Å². The van der Waals surface area contributed by atoms with Gasteiger partial charge in [-0.1, -0.05) is 74.5 Å². The quantitative estimate of drug-likeness (QED) is 0.116. The van der Waals surface area contributed by atoms with Gasteiger partial charge >= 0.3 is 15.2 Å². The molecule has 2 atom stereocenters. The van der Waals surface area contributed by atoms with E-state index >= 15 is 0 Å². The molecule has 0 heterocycles. The summed E-state index contributed by atoms with van der Waals surface area (Å²) in [7, 11) is -10.4. The average molecular weight is 676 g/mol. The van der Waals surface area contributed by atoms with Crippen molar-refractivity contribution in [3.8, 4) is 5.75 Å². The topological polar surface area (TPSA) is 226 Å². The van der Waals surface area contributed by atoms with Crippen LogP contribution < -0.4 is 21.1 Å². The Balaban J connectivity index is 1.85. The SMILES string of the molecule is CC(C)COc1ccc([C@H](C)NC(=O)[C@H](Cc2ccc(C(P(=O)(O)O)P(=O)(O)O)cc2)NC(=O)Cc2ccccc2)cc1C(N)=O. The van der Waals surface area contributed by atoms with Crippen LogP contribution in [0.2, 0.25) is 0 Å². The van der Waals surface area contributed by atoms with Gasteiger partial charge < -0.3 is 40.7 Å². The van der Waals surface area contributed by atoms with Gasteiger partial charge in [0.05, 0.1) is 24.6 Å². The fraction of sp³-hybridized carbons (Fsp3) is 0.323. The minimum atomic E-state index is -5.22. The van der Waals surface area contributed by atoms with Crippen molar-refractivity contribution in [2.75, 3.05) is 6.61 Å². The Morgan fingerprint density at radius 1 is 0.804 bits per heavy atom. The smallest absolute Gasteiger partial charge is 0.345 e. The zero-order valence-corrected chi connectivity index (χ0v) is 27.4. The number of benzene rings is 3. The maximum absolute atomic E-state index is 13.6. The van der Waals surface area contributed by atoms with Gasteiger partial charge in [0.1, 0.15) is 11.8 Å². The van der Waals surface area contributed by atoms with Gasteiger partial charge in [-0.25, -0.2) is 0 Å². The first-order chi connectivity index (χ1) is 21.5. The van der Waals surface area contributed by atoms with E-state index in [4.69, 9.17) is 10.5 Å². The van der Waals surface area contributed by atoms with E-state index < -0.39 is 50.4 Å². The van der Waals surface area contributed by atoms with Crippen molar-refractivity contribution in [1.29, 1.82) is 0 Å². The monoisotopic (exact) mass is 675 g/mol. The molecule has 0 radical (unpaired) electrons. The number of hydrogen-bond acceptors (Lipinski definition) is 6. The van der Waals surface area contributed by atoms with Crippen molar-refractivity contribution in [3.63, 3.8) is 0 Å². The van der Waals surface area contributed by atoms with Gasteiger partial charge in [0.15, 0.2) is 5.40 Å². The largest absolute Gasteiger partial charge is 0.492 e. The lowest BCUT2D eigenvalue weighted by molar-refractivity contribution is -0.129. The third-order valence-electron chi connectivity index (χ3n) is 6.91. The predicted octanol–water partition coefficient (Wildman–Crippen LogP) is 3.32. The van der Waals surface area contributed by atoms with Crippen molar-refractivity contribution in [2.24, 2.45) is 11.7 Å². The summed E-state index contributed by atoms with van der Waals surface area (Å²) in [5, 5.41) is 3.23. The summed E-state index contributed by atoms with van der Waals surface area (Å²) in [5.41, 5.74) is 7.16. The minimum absolute atomic E-state index is 0.00876. The van der Waals surface area contributed by atoms with E-state index in [1.165, 1.54) is 18.2 Å². The molecule has 3 aromatic rings. The number of hydrogen-bond donors (Lipinski definition) is 7. The van der Waals surface area contributed by atoms with Gasteiger partial charge in [-0.15, -0.1) is 0 Å². The minimum Gasteiger partial charge on any atom is -0.492 e. The van der Waals surface area contributed by atoms with E-state index in [2.05, 4.69) is 10.6 Å². The number of rotatable bonds is 15. The molecule has 0 aromatic heterocycles. The van der Waals surface area contributed by atoms with Crippen molar-refractivity contribution in [2.45, 2.75) is 51.1 Å². The summed E-state index contributed by atoms with van der Waals surface area (Å²) >= 11 is 0. The molecule has 15 heteroatoms. The molecule has 248 valence electrons. The van der Waals surface area contributed by atoms with Crippen LogP contribution in [0.15, 0.2) is 72.8 Å². The number of nitrogens with one attached hydrogen (secondary N) is 2. The summed E-state index contributed by atoms with van der Waals surface area (Å²) in [5.74, 6) is -1.18. The van der Waals surface area contributed by atoms with Crippen LogP contribution in [0.1, 0.15) is 64.8 Å². The summed E-state index contributed by atoms with van der Waals surface area (Å²) in [6, 6.07) is 17.0. The number of primary amides is 1. The third-order valence-corrected chi connectivity index (χ3v) is 10.6. The van der Waals surface area contributed by atoms with Crippen LogP contribution >= 0.6 is 15.2 Å². The predicted molar refractivity (Wildman–Crippen MR) is 171 cm³/mol. The number of ether oxygens (including phenoxy) is 1. The highest BCUT2D eigenvalue weighted by Gasteiger charge is 2.44. The molecular weight excluding hydrogens is 636 g/mol. The van der Waals surface area contributed by atoms with E-state index in [0.717, 1.165) is 17.7 Å². The zero-order chi connectivity index (χ0) is 34.2. The number of carbonyl (C=O) groups is 3. The molecule has 3 rings (SSSR count). The Bertz CT molecular complexity index is 1600. The zero-order valence-electron chi connectivity index (χ0n) is 25.6. The Morgan fingerprint density at radius 3 is 1.93 bits per heavy atom. The number of carbonyl (C=O) groups excluding carboxylic acids is 3. The Labute approximate surface area is 266 Å². The van der Waals surface area contributed by atoms with Crippen LogP contribution in [0.4, 0.5) is 0 Å². The highest BCUT2D eigenvalue weighted by molar-refractivity contribution is 7.70. The second-order valence-electron chi connectivity index (χ2n) is 11.3. The first-order valence-corrected chi connectivity index (χ1v) is 17.7. The van der Waals surface area contributed by atoms with E-state index in [1.54, 1.807) is 49.4 Å². The second-order valence-corrected chi connectivity index (χ2v) is 15.1. The lowest BCUT2D eigenvalue weighted by atomic mass is 10.0. The van der Waals surface area contributed by atoms with Crippen molar-refractivity contribution >= 4 is 32.9 Å². The Kier molecular flexibility index (Phi) is 12.5. The molecule has 13 nitrogen and oxygen atoms in total. The molecule has 0 saturated heterocycles. The van der Waals surface area contributed by atoms with Crippen LogP contribution in [0.5, 0.6) is 5.75 Å². The highest BCUT2D eigenvalue weighted by atomic mass is 31.2. The van der Waals surface area contributed by atoms with Crippen LogP contribution in [0.3, 0.4) is 0 Å². The van der Waals surface area contributed by atoms with E-state index in [9.17, 15) is 43.1 Å². The molecule has 0 fully saturated rings. The second kappa shape index (κ2) is 15.6. The lowest BCUT2D eigenvalue weighted by Crippen LogP contribution is -2.49. The molecule has 0 spiro atoms. The normalized spacial score (nSPS) is 13.2.